The topological polar surface area (TPSA) is 98.8 Å². The minimum atomic E-state index is 0.132. The Morgan fingerprint density at radius 1 is 1.22 bits per heavy atom. The first-order valence-corrected chi connectivity index (χ1v) is 10.8. The molecule has 1 amide bonds. The zero-order valence-electron chi connectivity index (χ0n) is 18.0. The molecule has 0 spiro atoms. The fraction of sp³-hybridized carbons (Fsp3) is 0.391. The summed E-state index contributed by atoms with van der Waals surface area (Å²) in [7, 11) is 1.59. The standard InChI is InChI=1S/C23H25N7O2/c1-32-20-10-18(15-30-22(20)19(11-24)14-27-30)16-2-3-21(26-13-16)28-6-8-29(9-7-28)23(31)17-4-5-25-12-17/h2-3,10,13-15,17,25H,4-9,12H2,1H3/t17-/m1/s1. The molecule has 5 rings (SSSR count). The fourth-order valence-electron chi connectivity index (χ4n) is 4.50. The predicted octanol–water partition coefficient (Wildman–Crippen LogP) is 1.53. The fourth-order valence-corrected chi connectivity index (χ4v) is 4.50. The van der Waals surface area contributed by atoms with Crippen molar-refractivity contribution in [2.75, 3.05) is 51.3 Å². The van der Waals surface area contributed by atoms with Gasteiger partial charge in [-0.2, -0.15) is 10.4 Å². The molecule has 0 bridgehead atoms. The summed E-state index contributed by atoms with van der Waals surface area (Å²) in [5.41, 5.74) is 2.97. The van der Waals surface area contributed by atoms with Crippen LogP contribution in [-0.2, 0) is 4.79 Å². The molecule has 1 N–H and O–H groups in total. The van der Waals surface area contributed by atoms with Crippen LogP contribution in [0.4, 0.5) is 5.82 Å². The van der Waals surface area contributed by atoms with E-state index in [1.807, 2.05) is 35.5 Å². The van der Waals surface area contributed by atoms with E-state index in [-0.39, 0.29) is 11.8 Å². The number of nitrogens with one attached hydrogen (secondary N) is 1. The normalized spacial score (nSPS) is 18.7. The second kappa shape index (κ2) is 8.48. The molecule has 5 heterocycles. The van der Waals surface area contributed by atoms with Crippen LogP contribution in [0, 0.1) is 17.2 Å². The molecule has 1 atom stereocenters. The Kier molecular flexibility index (Phi) is 5.37. The summed E-state index contributed by atoms with van der Waals surface area (Å²) in [5, 5.41) is 16.8. The maximum atomic E-state index is 12.6. The number of ether oxygens (including phenoxy) is 1. The number of nitriles is 1. The smallest absolute Gasteiger partial charge is 0.227 e. The van der Waals surface area contributed by atoms with E-state index in [9.17, 15) is 10.1 Å². The first-order chi connectivity index (χ1) is 15.7. The highest BCUT2D eigenvalue weighted by Gasteiger charge is 2.29. The monoisotopic (exact) mass is 431 g/mol. The summed E-state index contributed by atoms with van der Waals surface area (Å²) in [6, 6.07) is 8.08. The van der Waals surface area contributed by atoms with Gasteiger partial charge in [0, 0.05) is 56.2 Å². The lowest BCUT2D eigenvalue weighted by Gasteiger charge is -2.36. The van der Waals surface area contributed by atoms with Crippen LogP contribution in [-0.4, -0.2) is 71.8 Å². The zero-order chi connectivity index (χ0) is 22.1. The largest absolute Gasteiger partial charge is 0.494 e. The van der Waals surface area contributed by atoms with E-state index in [1.165, 1.54) is 6.20 Å². The van der Waals surface area contributed by atoms with E-state index in [0.717, 1.165) is 62.6 Å². The van der Waals surface area contributed by atoms with Crippen LogP contribution in [0.3, 0.4) is 0 Å². The van der Waals surface area contributed by atoms with Gasteiger partial charge in [-0.3, -0.25) is 4.79 Å². The van der Waals surface area contributed by atoms with Gasteiger partial charge < -0.3 is 19.9 Å². The number of hydrogen-bond acceptors (Lipinski definition) is 7. The molecule has 0 aliphatic carbocycles. The minimum Gasteiger partial charge on any atom is -0.494 e. The van der Waals surface area contributed by atoms with Gasteiger partial charge in [0.15, 0.2) is 0 Å². The Morgan fingerprint density at radius 2 is 2.06 bits per heavy atom. The Morgan fingerprint density at radius 3 is 2.72 bits per heavy atom. The summed E-state index contributed by atoms with van der Waals surface area (Å²) < 4.78 is 7.16. The molecule has 0 radical (unpaired) electrons. The number of aromatic nitrogens is 3. The molecule has 0 aromatic carbocycles. The van der Waals surface area contributed by atoms with E-state index in [2.05, 4.69) is 26.4 Å². The van der Waals surface area contributed by atoms with E-state index in [4.69, 9.17) is 4.74 Å². The van der Waals surface area contributed by atoms with Gasteiger partial charge in [-0.25, -0.2) is 9.50 Å². The van der Waals surface area contributed by atoms with E-state index in [0.29, 0.717) is 16.8 Å². The number of nitrogens with zero attached hydrogens (tertiary/aromatic N) is 6. The molecule has 3 aromatic heterocycles. The van der Waals surface area contributed by atoms with Crippen LogP contribution in [0.5, 0.6) is 5.75 Å². The van der Waals surface area contributed by atoms with Crippen molar-refractivity contribution >= 4 is 17.2 Å². The second-order valence-electron chi connectivity index (χ2n) is 8.17. The highest BCUT2D eigenvalue weighted by Crippen LogP contribution is 2.30. The number of methoxy groups -OCH3 is 1. The molecule has 2 fully saturated rings. The van der Waals surface area contributed by atoms with Crippen molar-refractivity contribution in [3.8, 4) is 22.9 Å². The van der Waals surface area contributed by atoms with Crippen molar-refractivity contribution in [1.29, 1.82) is 5.26 Å². The van der Waals surface area contributed by atoms with Crippen LogP contribution < -0.4 is 15.0 Å². The van der Waals surface area contributed by atoms with Gasteiger partial charge in [-0.15, -0.1) is 0 Å². The molecule has 0 saturated carbocycles. The van der Waals surface area contributed by atoms with E-state index >= 15 is 0 Å². The predicted molar refractivity (Wildman–Crippen MR) is 119 cm³/mol. The van der Waals surface area contributed by atoms with Gasteiger partial charge in [-0.1, -0.05) is 0 Å². The molecule has 0 unspecified atom stereocenters. The van der Waals surface area contributed by atoms with Crippen molar-refractivity contribution < 1.29 is 9.53 Å². The number of rotatable bonds is 4. The van der Waals surface area contributed by atoms with Crippen LogP contribution in [0.15, 0.2) is 36.8 Å². The molecule has 2 aliphatic heterocycles. The van der Waals surface area contributed by atoms with Crippen LogP contribution in [0.25, 0.3) is 16.6 Å². The lowest BCUT2D eigenvalue weighted by molar-refractivity contribution is -0.135. The van der Waals surface area contributed by atoms with Gasteiger partial charge in [0.05, 0.1) is 19.2 Å². The Bertz CT molecular complexity index is 1170. The minimum absolute atomic E-state index is 0.132. The number of hydrogen-bond donors (Lipinski definition) is 1. The van der Waals surface area contributed by atoms with Gasteiger partial charge >= 0.3 is 0 Å². The van der Waals surface area contributed by atoms with Crippen molar-refractivity contribution in [2.24, 2.45) is 5.92 Å². The average Bonchev–Trinajstić information content (AvgIpc) is 3.53. The van der Waals surface area contributed by atoms with Crippen LogP contribution in [0.2, 0.25) is 0 Å². The van der Waals surface area contributed by atoms with E-state index < -0.39 is 0 Å². The maximum Gasteiger partial charge on any atom is 0.227 e. The number of fused-ring (bicyclic) bond motifs is 1. The molecule has 32 heavy (non-hydrogen) atoms. The summed E-state index contributed by atoms with van der Waals surface area (Å²) in [6.45, 7) is 4.76. The lowest BCUT2D eigenvalue weighted by atomic mass is 10.1. The number of carbonyl (C=O) groups is 1. The molecule has 9 nitrogen and oxygen atoms in total. The Labute approximate surface area is 186 Å². The third-order valence-electron chi connectivity index (χ3n) is 6.32. The third-order valence-corrected chi connectivity index (χ3v) is 6.32. The van der Waals surface area contributed by atoms with Gasteiger partial charge in [0.25, 0.3) is 0 Å². The van der Waals surface area contributed by atoms with Gasteiger partial charge in [-0.05, 0) is 31.2 Å². The maximum absolute atomic E-state index is 12.6. The first kappa shape index (κ1) is 20.3. The molecule has 2 aliphatic rings. The van der Waals surface area contributed by atoms with Crippen LogP contribution in [0.1, 0.15) is 12.0 Å². The first-order valence-electron chi connectivity index (χ1n) is 10.8. The summed E-state index contributed by atoms with van der Waals surface area (Å²) in [4.78, 5) is 21.5. The molecule has 9 heteroatoms. The summed E-state index contributed by atoms with van der Waals surface area (Å²) >= 11 is 0. The zero-order valence-corrected chi connectivity index (χ0v) is 18.0. The van der Waals surface area contributed by atoms with Crippen molar-refractivity contribution in [1.82, 2.24) is 24.8 Å². The number of amides is 1. The molecular weight excluding hydrogens is 406 g/mol. The third kappa shape index (κ3) is 3.63. The number of pyridine rings is 2. The van der Waals surface area contributed by atoms with E-state index in [1.54, 1.807) is 11.6 Å². The van der Waals surface area contributed by atoms with Gasteiger partial charge in [0.1, 0.15) is 28.7 Å². The van der Waals surface area contributed by atoms with Crippen molar-refractivity contribution in [3.63, 3.8) is 0 Å². The second-order valence-corrected chi connectivity index (χ2v) is 8.17. The molecule has 3 aromatic rings. The lowest BCUT2D eigenvalue weighted by Crippen LogP contribution is -2.50. The summed E-state index contributed by atoms with van der Waals surface area (Å²) in [6.07, 6.45) is 6.19. The molecule has 164 valence electrons. The highest BCUT2D eigenvalue weighted by molar-refractivity contribution is 5.80. The Balaban J connectivity index is 1.30. The quantitative estimate of drug-likeness (QED) is 0.669. The molecule has 2 saturated heterocycles. The number of anilines is 1. The number of piperazine rings is 1. The average molecular weight is 432 g/mol. The van der Waals surface area contributed by atoms with Crippen molar-refractivity contribution in [2.45, 2.75) is 6.42 Å². The SMILES string of the molecule is COc1cc(-c2ccc(N3CCN(C(=O)[C@@H]4CCNC4)CC3)nc2)cn2ncc(C#N)c12. The van der Waals surface area contributed by atoms with Crippen molar-refractivity contribution in [3.05, 3.63) is 42.4 Å². The molecular formula is C23H25N7O2. The van der Waals surface area contributed by atoms with Gasteiger partial charge in [0.2, 0.25) is 5.91 Å². The number of carbonyl (C=O) groups excluding carboxylic acids is 1. The van der Waals surface area contributed by atoms with Crippen LogP contribution >= 0.6 is 0 Å². The summed E-state index contributed by atoms with van der Waals surface area (Å²) in [5.74, 6) is 1.91. The Hall–Kier alpha value is -3.64. The highest BCUT2D eigenvalue weighted by atomic mass is 16.5.